The molecule has 0 spiro atoms. The van der Waals surface area contributed by atoms with Crippen molar-refractivity contribution < 1.29 is 4.79 Å². The van der Waals surface area contributed by atoms with E-state index in [1.54, 1.807) is 7.05 Å². The number of benzene rings is 1. The Morgan fingerprint density at radius 2 is 1.82 bits per heavy atom. The third-order valence-electron chi connectivity index (χ3n) is 5.24. The minimum Gasteiger partial charge on any atom is -0.372 e. The van der Waals surface area contributed by atoms with Crippen LogP contribution in [0, 0.1) is 5.41 Å². The van der Waals surface area contributed by atoms with E-state index in [9.17, 15) is 4.79 Å². The molecule has 1 aliphatic heterocycles. The first-order valence-electron chi connectivity index (χ1n) is 10.4. The molecule has 6 nitrogen and oxygen atoms in total. The van der Waals surface area contributed by atoms with Gasteiger partial charge < -0.3 is 20.4 Å². The predicted molar refractivity (Wildman–Crippen MR) is 118 cm³/mol. The van der Waals surface area contributed by atoms with Gasteiger partial charge in [-0.1, -0.05) is 12.1 Å². The van der Waals surface area contributed by atoms with E-state index in [4.69, 9.17) is 4.99 Å². The summed E-state index contributed by atoms with van der Waals surface area (Å²) >= 11 is 0. The van der Waals surface area contributed by atoms with Gasteiger partial charge in [0.15, 0.2) is 5.96 Å². The fraction of sp³-hybridized carbons (Fsp3) is 0.636. The summed E-state index contributed by atoms with van der Waals surface area (Å²) in [4.78, 5) is 21.3. The Morgan fingerprint density at radius 1 is 1.18 bits per heavy atom. The van der Waals surface area contributed by atoms with Gasteiger partial charge in [-0.25, -0.2) is 0 Å². The molecule has 1 fully saturated rings. The smallest absolute Gasteiger partial charge is 0.227 e. The maximum atomic E-state index is 12.0. The summed E-state index contributed by atoms with van der Waals surface area (Å²) in [6.45, 7) is 10.2. The number of nitrogens with one attached hydrogen (secondary N) is 2. The van der Waals surface area contributed by atoms with Crippen molar-refractivity contribution in [3.63, 3.8) is 0 Å². The molecule has 28 heavy (non-hydrogen) atoms. The van der Waals surface area contributed by atoms with E-state index >= 15 is 0 Å². The Hall–Kier alpha value is -2.24. The molecule has 1 aromatic rings. The number of aliphatic imine (C=N–C) groups is 1. The number of hydrogen-bond donors (Lipinski definition) is 2. The van der Waals surface area contributed by atoms with Crippen LogP contribution < -0.4 is 15.5 Å². The monoisotopic (exact) mass is 387 g/mol. The second-order valence-electron chi connectivity index (χ2n) is 8.20. The quantitative estimate of drug-likeness (QED) is 0.558. The Morgan fingerprint density at radius 3 is 2.39 bits per heavy atom. The van der Waals surface area contributed by atoms with Crippen LogP contribution in [0.4, 0.5) is 5.69 Å². The van der Waals surface area contributed by atoms with Crippen molar-refractivity contribution in [1.82, 2.24) is 15.5 Å². The molecule has 0 saturated carbocycles. The first-order valence-corrected chi connectivity index (χ1v) is 10.4. The number of rotatable bonds is 7. The number of piperidine rings is 1. The van der Waals surface area contributed by atoms with Crippen molar-refractivity contribution in [2.75, 3.05) is 45.2 Å². The number of hydrogen-bond acceptors (Lipinski definition) is 3. The van der Waals surface area contributed by atoms with E-state index in [1.807, 2.05) is 20.9 Å². The molecule has 0 bridgehead atoms. The zero-order valence-corrected chi connectivity index (χ0v) is 18.2. The van der Waals surface area contributed by atoms with E-state index in [0.717, 1.165) is 32.1 Å². The molecule has 0 radical (unpaired) electrons. The lowest BCUT2D eigenvalue weighted by Gasteiger charge is -2.29. The number of carbonyl (C=O) groups excluding carboxylic acids is 1. The first-order chi connectivity index (χ1) is 13.4. The maximum Gasteiger partial charge on any atom is 0.227 e. The highest BCUT2D eigenvalue weighted by atomic mass is 16.2. The third-order valence-corrected chi connectivity index (χ3v) is 5.24. The normalized spacial score (nSPS) is 15.3. The standard InChI is InChI=1S/C22H37N5O/c1-6-24-21(25-17-22(2,3)20(28)23-4)26(5)16-18-10-12-19(13-11-18)27-14-8-7-9-15-27/h10-13H,6-9,14-17H2,1-5H3,(H,23,28)(H,24,25). The van der Waals surface area contributed by atoms with Crippen molar-refractivity contribution in [1.29, 1.82) is 0 Å². The van der Waals surface area contributed by atoms with E-state index in [-0.39, 0.29) is 5.91 Å². The molecule has 2 rings (SSSR count). The topological polar surface area (TPSA) is 60.0 Å². The fourth-order valence-electron chi connectivity index (χ4n) is 3.47. The van der Waals surface area contributed by atoms with Crippen molar-refractivity contribution in [2.24, 2.45) is 10.4 Å². The lowest BCUT2D eigenvalue weighted by Crippen LogP contribution is -2.41. The minimum absolute atomic E-state index is 0.00283. The van der Waals surface area contributed by atoms with E-state index in [2.05, 4.69) is 51.6 Å². The van der Waals surface area contributed by atoms with Gasteiger partial charge in [-0.15, -0.1) is 0 Å². The van der Waals surface area contributed by atoms with Crippen LogP contribution in [-0.4, -0.2) is 57.0 Å². The number of nitrogens with zero attached hydrogens (tertiary/aromatic N) is 3. The zero-order chi connectivity index (χ0) is 20.6. The van der Waals surface area contributed by atoms with Crippen molar-refractivity contribution in [3.05, 3.63) is 29.8 Å². The van der Waals surface area contributed by atoms with E-state index in [1.165, 1.54) is 30.5 Å². The lowest BCUT2D eigenvalue weighted by molar-refractivity contribution is -0.128. The van der Waals surface area contributed by atoms with Gasteiger partial charge in [0.25, 0.3) is 0 Å². The molecule has 0 atom stereocenters. The van der Waals surface area contributed by atoms with Crippen LogP contribution in [0.15, 0.2) is 29.3 Å². The maximum absolute atomic E-state index is 12.0. The Labute approximate surface area is 170 Å². The number of guanidine groups is 1. The van der Waals surface area contributed by atoms with Gasteiger partial charge in [0, 0.05) is 46.0 Å². The molecular weight excluding hydrogens is 350 g/mol. The van der Waals surface area contributed by atoms with Crippen LogP contribution in [0.5, 0.6) is 0 Å². The van der Waals surface area contributed by atoms with Crippen LogP contribution in [0.25, 0.3) is 0 Å². The van der Waals surface area contributed by atoms with Gasteiger partial charge in [0.05, 0.1) is 12.0 Å². The van der Waals surface area contributed by atoms with E-state index in [0.29, 0.717) is 6.54 Å². The average Bonchev–Trinajstić information content (AvgIpc) is 2.71. The summed E-state index contributed by atoms with van der Waals surface area (Å²) in [7, 11) is 3.70. The molecule has 0 aromatic heterocycles. The number of carbonyl (C=O) groups is 1. The molecule has 2 N–H and O–H groups in total. The lowest BCUT2D eigenvalue weighted by atomic mass is 9.93. The van der Waals surface area contributed by atoms with E-state index < -0.39 is 5.41 Å². The highest BCUT2D eigenvalue weighted by molar-refractivity contribution is 5.83. The van der Waals surface area contributed by atoms with Gasteiger partial charge in [-0.05, 0) is 57.7 Å². The highest BCUT2D eigenvalue weighted by Gasteiger charge is 2.26. The van der Waals surface area contributed by atoms with Gasteiger partial charge in [0.1, 0.15) is 0 Å². The summed E-state index contributed by atoms with van der Waals surface area (Å²) in [5.74, 6) is 0.822. The molecule has 6 heteroatoms. The molecule has 1 saturated heterocycles. The zero-order valence-electron chi connectivity index (χ0n) is 18.2. The number of anilines is 1. The molecule has 156 valence electrons. The molecular formula is C22H37N5O. The largest absolute Gasteiger partial charge is 0.372 e. The van der Waals surface area contributed by atoms with Crippen LogP contribution >= 0.6 is 0 Å². The Balaban J connectivity index is 2.01. The summed E-state index contributed by atoms with van der Waals surface area (Å²) in [6.07, 6.45) is 3.93. The summed E-state index contributed by atoms with van der Waals surface area (Å²) < 4.78 is 0. The minimum atomic E-state index is -0.535. The molecule has 1 aromatic carbocycles. The van der Waals surface area contributed by atoms with Crippen LogP contribution in [0.1, 0.15) is 45.6 Å². The van der Waals surface area contributed by atoms with Gasteiger partial charge in [-0.2, -0.15) is 0 Å². The van der Waals surface area contributed by atoms with Crippen LogP contribution in [0.2, 0.25) is 0 Å². The van der Waals surface area contributed by atoms with Crippen LogP contribution in [-0.2, 0) is 11.3 Å². The summed E-state index contributed by atoms with van der Waals surface area (Å²) in [6, 6.07) is 8.87. The molecule has 1 heterocycles. The summed E-state index contributed by atoms with van der Waals surface area (Å²) in [5, 5.41) is 6.05. The highest BCUT2D eigenvalue weighted by Crippen LogP contribution is 2.21. The molecule has 0 aliphatic carbocycles. The van der Waals surface area contributed by atoms with Gasteiger partial charge >= 0.3 is 0 Å². The first kappa shape index (κ1) is 22.1. The number of amides is 1. The van der Waals surface area contributed by atoms with Crippen molar-refractivity contribution >= 4 is 17.6 Å². The SMILES string of the molecule is CCNC(=NCC(C)(C)C(=O)NC)N(C)Cc1ccc(N2CCCCC2)cc1. The van der Waals surface area contributed by atoms with Crippen molar-refractivity contribution in [2.45, 2.75) is 46.6 Å². The Bertz CT molecular complexity index is 647. The average molecular weight is 388 g/mol. The Kier molecular flexibility index (Phi) is 8.15. The van der Waals surface area contributed by atoms with Crippen LogP contribution in [0.3, 0.4) is 0 Å². The molecule has 1 amide bonds. The second-order valence-corrected chi connectivity index (χ2v) is 8.20. The van der Waals surface area contributed by atoms with Gasteiger partial charge in [-0.3, -0.25) is 9.79 Å². The molecule has 0 unspecified atom stereocenters. The summed E-state index contributed by atoms with van der Waals surface area (Å²) in [5.41, 5.74) is 2.03. The molecule has 1 aliphatic rings. The van der Waals surface area contributed by atoms with Crippen molar-refractivity contribution in [3.8, 4) is 0 Å². The second kappa shape index (κ2) is 10.3. The third kappa shape index (κ3) is 6.14. The van der Waals surface area contributed by atoms with Gasteiger partial charge in [0.2, 0.25) is 5.91 Å². The predicted octanol–water partition coefficient (Wildman–Crippen LogP) is 2.85. The fourth-order valence-corrected chi connectivity index (χ4v) is 3.47.